The Morgan fingerprint density at radius 2 is 1.62 bits per heavy atom. The van der Waals surface area contributed by atoms with Crippen molar-refractivity contribution in [2.45, 2.75) is 13.3 Å². The fourth-order valence-corrected chi connectivity index (χ4v) is 2.87. The number of aryl methyl sites for hydroxylation is 1. The molecule has 1 radical (unpaired) electrons. The van der Waals surface area contributed by atoms with Crippen LogP contribution in [-0.4, -0.2) is 14.1 Å². The van der Waals surface area contributed by atoms with E-state index in [9.17, 15) is 0 Å². The minimum Gasteiger partial charge on any atom is -1.00 e. The average molecular weight is 355 g/mol. The van der Waals surface area contributed by atoms with Crippen LogP contribution in [0, 0.1) is 0 Å². The second kappa shape index (κ2) is 8.15. The number of benzene rings is 2. The SMILES string of the molecule is CCc1c(N(C)C)ccc2c1[cH-]c1ccccc12.[Cl-].[Cl-].[Ti+3]. The topological polar surface area (TPSA) is 3.24 Å². The predicted octanol–water partition coefficient (Wildman–Crippen LogP) is -1.65. The molecule has 0 spiro atoms. The molecule has 3 aromatic rings. The Balaban J connectivity index is 0.00000133. The summed E-state index contributed by atoms with van der Waals surface area (Å²) in [6.45, 7) is 2.24. The van der Waals surface area contributed by atoms with Crippen LogP contribution in [0.25, 0.3) is 21.5 Å². The summed E-state index contributed by atoms with van der Waals surface area (Å²) in [5, 5.41) is 5.50. The number of nitrogens with zero attached hydrogens (tertiary/aromatic N) is 1. The van der Waals surface area contributed by atoms with E-state index in [0.29, 0.717) is 0 Å². The smallest absolute Gasteiger partial charge is 1.00 e. The van der Waals surface area contributed by atoms with Crippen LogP contribution >= 0.6 is 0 Å². The van der Waals surface area contributed by atoms with Crippen molar-refractivity contribution < 1.29 is 46.5 Å². The molecule has 1 nitrogen and oxygen atoms in total. The Morgan fingerprint density at radius 1 is 0.952 bits per heavy atom. The van der Waals surface area contributed by atoms with Crippen LogP contribution in [0.4, 0.5) is 5.69 Å². The van der Waals surface area contributed by atoms with E-state index in [-0.39, 0.29) is 46.5 Å². The summed E-state index contributed by atoms with van der Waals surface area (Å²) in [6.07, 6.45) is 1.07. The molecule has 4 heteroatoms. The van der Waals surface area contributed by atoms with Crippen molar-refractivity contribution in [2.24, 2.45) is 0 Å². The molecule has 21 heavy (non-hydrogen) atoms. The number of fused-ring (bicyclic) bond motifs is 3. The largest absolute Gasteiger partial charge is 3.00 e. The predicted molar refractivity (Wildman–Crippen MR) is 80.8 cm³/mol. The molecule has 0 aliphatic heterocycles. The molecule has 0 saturated carbocycles. The van der Waals surface area contributed by atoms with Crippen LogP contribution < -0.4 is 29.7 Å². The first-order chi connectivity index (χ1) is 8.72. The van der Waals surface area contributed by atoms with Crippen molar-refractivity contribution in [1.82, 2.24) is 0 Å². The molecule has 0 N–H and O–H groups in total. The molecule has 0 fully saturated rings. The van der Waals surface area contributed by atoms with Gasteiger partial charge in [-0.05, 0) is 0 Å². The average Bonchev–Trinajstić information content (AvgIpc) is 2.75. The number of anilines is 1. The minimum absolute atomic E-state index is 0. The van der Waals surface area contributed by atoms with Gasteiger partial charge < -0.3 is 29.7 Å². The van der Waals surface area contributed by atoms with Gasteiger partial charge in [0.15, 0.2) is 0 Å². The second-order valence-corrected chi connectivity index (χ2v) is 5.00. The van der Waals surface area contributed by atoms with E-state index in [0.717, 1.165) is 6.42 Å². The molecule has 3 aromatic carbocycles. The van der Waals surface area contributed by atoms with Crippen molar-refractivity contribution in [3.63, 3.8) is 0 Å². The molecule has 3 rings (SSSR count). The van der Waals surface area contributed by atoms with Gasteiger partial charge in [0, 0.05) is 19.8 Å². The summed E-state index contributed by atoms with van der Waals surface area (Å²) in [7, 11) is 4.23. The fourth-order valence-electron chi connectivity index (χ4n) is 2.87. The van der Waals surface area contributed by atoms with Crippen LogP contribution in [-0.2, 0) is 28.1 Å². The summed E-state index contributed by atoms with van der Waals surface area (Å²) in [6, 6.07) is 15.5. The monoisotopic (exact) mass is 354 g/mol. The third kappa shape index (κ3) is 3.43. The van der Waals surface area contributed by atoms with Crippen molar-refractivity contribution in [3.05, 3.63) is 48.0 Å². The van der Waals surface area contributed by atoms with Crippen molar-refractivity contribution in [1.29, 1.82) is 0 Å². The fraction of sp³-hybridized carbons (Fsp3) is 0.235. The van der Waals surface area contributed by atoms with E-state index < -0.39 is 0 Å². The summed E-state index contributed by atoms with van der Waals surface area (Å²) in [5.74, 6) is 0. The van der Waals surface area contributed by atoms with Crippen molar-refractivity contribution >= 4 is 27.2 Å². The second-order valence-electron chi connectivity index (χ2n) is 5.00. The van der Waals surface area contributed by atoms with Crippen molar-refractivity contribution in [2.75, 3.05) is 19.0 Å². The van der Waals surface area contributed by atoms with Gasteiger partial charge >= 0.3 is 21.7 Å². The molecule has 109 valence electrons. The molecular formula is C17H18Cl2NTi. The van der Waals surface area contributed by atoms with Gasteiger partial charge in [0.2, 0.25) is 0 Å². The molecule has 0 unspecified atom stereocenters. The van der Waals surface area contributed by atoms with E-state index in [1.165, 1.54) is 32.8 Å². The molecule has 0 atom stereocenters. The summed E-state index contributed by atoms with van der Waals surface area (Å²) in [5.41, 5.74) is 2.79. The van der Waals surface area contributed by atoms with Crippen molar-refractivity contribution in [3.8, 4) is 0 Å². The molecule has 0 aliphatic carbocycles. The summed E-state index contributed by atoms with van der Waals surface area (Å²) in [4.78, 5) is 2.20. The standard InChI is InChI=1S/C17H18N.2ClH.Ti/c1-4-13-16-11-12-7-5-6-8-14(12)15(16)9-10-17(13)18(2)3;;;/h5-11H,4H2,1-3H3;2*1H;/q-1;;;+3/p-2. The van der Waals surface area contributed by atoms with E-state index in [4.69, 9.17) is 0 Å². The number of halogens is 2. The van der Waals surface area contributed by atoms with E-state index >= 15 is 0 Å². The van der Waals surface area contributed by atoms with Gasteiger partial charge in [0.1, 0.15) is 0 Å². The van der Waals surface area contributed by atoms with Crippen LogP contribution in [0.2, 0.25) is 0 Å². The summed E-state index contributed by atoms with van der Waals surface area (Å²) >= 11 is 0. The normalized spacial score (nSPS) is 9.67. The Hall–Kier alpha value is -0.596. The van der Waals surface area contributed by atoms with Gasteiger partial charge in [0.25, 0.3) is 0 Å². The zero-order valence-electron chi connectivity index (χ0n) is 12.5. The zero-order valence-corrected chi connectivity index (χ0v) is 15.5. The molecule has 0 heterocycles. The molecular weight excluding hydrogens is 337 g/mol. The molecule has 0 aromatic heterocycles. The first kappa shape index (κ1) is 20.4. The third-order valence-electron chi connectivity index (χ3n) is 3.72. The summed E-state index contributed by atoms with van der Waals surface area (Å²) < 4.78 is 0. The Bertz CT molecular complexity index is 719. The van der Waals surface area contributed by atoms with Gasteiger partial charge in [-0.1, -0.05) is 49.2 Å². The Kier molecular flexibility index (Phi) is 7.92. The first-order valence-electron chi connectivity index (χ1n) is 6.49. The molecule has 0 saturated heterocycles. The Morgan fingerprint density at radius 3 is 2.24 bits per heavy atom. The first-order valence-corrected chi connectivity index (χ1v) is 6.49. The number of hydrogen-bond acceptors (Lipinski definition) is 1. The van der Waals surface area contributed by atoms with Gasteiger partial charge in [-0.3, -0.25) is 0 Å². The minimum atomic E-state index is 0. The van der Waals surface area contributed by atoms with Gasteiger partial charge in [-0.2, -0.15) is 0 Å². The van der Waals surface area contributed by atoms with Gasteiger partial charge in [-0.15, -0.1) is 33.7 Å². The van der Waals surface area contributed by atoms with Crippen LogP contribution in [0.5, 0.6) is 0 Å². The van der Waals surface area contributed by atoms with Crippen LogP contribution in [0.1, 0.15) is 12.5 Å². The van der Waals surface area contributed by atoms with E-state index in [2.05, 4.69) is 68.4 Å². The maximum absolute atomic E-state index is 2.33. The molecule has 0 aliphatic rings. The number of hydrogen-bond donors (Lipinski definition) is 0. The van der Waals surface area contributed by atoms with Crippen LogP contribution in [0.3, 0.4) is 0 Å². The third-order valence-corrected chi connectivity index (χ3v) is 3.72. The zero-order chi connectivity index (χ0) is 12.7. The maximum Gasteiger partial charge on any atom is 3.00 e. The van der Waals surface area contributed by atoms with Gasteiger partial charge in [0.05, 0.1) is 0 Å². The maximum atomic E-state index is 2.33. The van der Waals surface area contributed by atoms with E-state index in [1.54, 1.807) is 0 Å². The molecule has 0 bridgehead atoms. The van der Waals surface area contributed by atoms with Gasteiger partial charge in [-0.25, -0.2) is 0 Å². The Labute approximate surface area is 153 Å². The van der Waals surface area contributed by atoms with Crippen LogP contribution in [0.15, 0.2) is 42.5 Å². The quantitative estimate of drug-likeness (QED) is 0.393. The number of rotatable bonds is 2. The van der Waals surface area contributed by atoms with E-state index in [1.807, 2.05) is 0 Å². The molecule has 0 amide bonds.